The van der Waals surface area contributed by atoms with Gasteiger partial charge in [0.1, 0.15) is 0 Å². The zero-order valence-corrected chi connectivity index (χ0v) is 10.1. The highest BCUT2D eigenvalue weighted by molar-refractivity contribution is 7.99. The van der Waals surface area contributed by atoms with E-state index >= 15 is 0 Å². The van der Waals surface area contributed by atoms with Crippen molar-refractivity contribution in [3.63, 3.8) is 0 Å². The van der Waals surface area contributed by atoms with E-state index in [1.54, 1.807) is 6.92 Å². The molecule has 15 heavy (non-hydrogen) atoms. The first-order valence-corrected chi connectivity index (χ1v) is 6.19. The molecular weight excluding hydrogens is 216 g/mol. The lowest BCUT2D eigenvalue weighted by molar-refractivity contribution is -0.140. The standard InChI is InChI=1S/C10H20O4S/c1-3-10(5-11,6-12)7-15-4-8(2)9(13)14/h8,11-12H,3-7H2,1-2H3,(H,13,14). The quantitative estimate of drug-likeness (QED) is 0.581. The van der Waals surface area contributed by atoms with Gasteiger partial charge < -0.3 is 15.3 Å². The number of carbonyl (C=O) groups is 1. The summed E-state index contributed by atoms with van der Waals surface area (Å²) in [5.74, 6) is -0.0925. The van der Waals surface area contributed by atoms with Crippen LogP contribution in [0.15, 0.2) is 0 Å². The number of hydrogen-bond donors (Lipinski definition) is 3. The van der Waals surface area contributed by atoms with E-state index < -0.39 is 11.4 Å². The Morgan fingerprint density at radius 2 is 1.93 bits per heavy atom. The van der Waals surface area contributed by atoms with E-state index in [-0.39, 0.29) is 19.1 Å². The molecule has 0 aliphatic rings. The van der Waals surface area contributed by atoms with Gasteiger partial charge in [-0.1, -0.05) is 13.8 Å². The molecule has 0 saturated carbocycles. The predicted octanol–water partition coefficient (Wildman–Crippen LogP) is 0.821. The third-order valence-corrected chi connectivity index (χ3v) is 4.17. The van der Waals surface area contributed by atoms with Crippen molar-refractivity contribution in [1.29, 1.82) is 0 Å². The van der Waals surface area contributed by atoms with Crippen LogP contribution in [-0.4, -0.2) is 46.0 Å². The van der Waals surface area contributed by atoms with Crippen molar-refractivity contribution in [3.05, 3.63) is 0 Å². The van der Waals surface area contributed by atoms with E-state index in [0.29, 0.717) is 17.9 Å². The first kappa shape index (κ1) is 14.7. The zero-order chi connectivity index (χ0) is 11.9. The Bertz CT molecular complexity index is 184. The number of thioether (sulfide) groups is 1. The lowest BCUT2D eigenvalue weighted by Crippen LogP contribution is -2.32. The van der Waals surface area contributed by atoms with Gasteiger partial charge in [-0.05, 0) is 6.42 Å². The second kappa shape index (κ2) is 7.09. The van der Waals surface area contributed by atoms with Crippen LogP contribution in [0.2, 0.25) is 0 Å². The van der Waals surface area contributed by atoms with E-state index in [2.05, 4.69) is 0 Å². The van der Waals surface area contributed by atoms with Crippen LogP contribution in [0.25, 0.3) is 0 Å². The minimum absolute atomic E-state index is 0.0611. The van der Waals surface area contributed by atoms with Crippen LogP contribution in [0.1, 0.15) is 20.3 Å². The highest BCUT2D eigenvalue weighted by atomic mass is 32.2. The molecule has 3 N–H and O–H groups in total. The van der Waals surface area contributed by atoms with Crippen LogP contribution in [0.3, 0.4) is 0 Å². The lowest BCUT2D eigenvalue weighted by Gasteiger charge is -2.28. The summed E-state index contributed by atoms with van der Waals surface area (Å²) in [5, 5.41) is 27.0. The van der Waals surface area contributed by atoms with Crippen LogP contribution >= 0.6 is 11.8 Å². The monoisotopic (exact) mass is 236 g/mol. The first-order valence-electron chi connectivity index (χ1n) is 5.03. The molecule has 0 saturated heterocycles. The Hall–Kier alpha value is -0.260. The maximum Gasteiger partial charge on any atom is 0.307 e. The van der Waals surface area contributed by atoms with Crippen molar-refractivity contribution in [2.45, 2.75) is 20.3 Å². The molecule has 90 valence electrons. The molecule has 1 unspecified atom stereocenters. The smallest absolute Gasteiger partial charge is 0.307 e. The van der Waals surface area contributed by atoms with Crippen LogP contribution in [0.4, 0.5) is 0 Å². The molecule has 0 aliphatic carbocycles. The topological polar surface area (TPSA) is 77.8 Å². The predicted molar refractivity (Wildman–Crippen MR) is 61.0 cm³/mol. The van der Waals surface area contributed by atoms with Crippen molar-refractivity contribution in [1.82, 2.24) is 0 Å². The fourth-order valence-electron chi connectivity index (χ4n) is 0.990. The molecule has 0 heterocycles. The van der Waals surface area contributed by atoms with Gasteiger partial charge in [-0.2, -0.15) is 11.8 Å². The molecule has 0 aromatic rings. The Kier molecular flexibility index (Phi) is 6.96. The van der Waals surface area contributed by atoms with Gasteiger partial charge in [-0.3, -0.25) is 4.79 Å². The normalized spacial score (nSPS) is 13.9. The number of aliphatic hydroxyl groups excluding tert-OH is 2. The highest BCUT2D eigenvalue weighted by Gasteiger charge is 2.27. The van der Waals surface area contributed by atoms with Gasteiger partial charge in [0.2, 0.25) is 0 Å². The highest BCUT2D eigenvalue weighted by Crippen LogP contribution is 2.26. The van der Waals surface area contributed by atoms with E-state index in [1.165, 1.54) is 11.8 Å². The van der Waals surface area contributed by atoms with Gasteiger partial charge in [-0.25, -0.2) is 0 Å². The number of rotatable bonds is 8. The zero-order valence-electron chi connectivity index (χ0n) is 9.27. The maximum atomic E-state index is 10.6. The van der Waals surface area contributed by atoms with Gasteiger partial charge in [0.05, 0.1) is 19.1 Å². The molecule has 0 fully saturated rings. The van der Waals surface area contributed by atoms with Gasteiger partial charge >= 0.3 is 5.97 Å². The molecule has 1 atom stereocenters. The first-order chi connectivity index (χ1) is 7.01. The number of aliphatic carboxylic acids is 1. The maximum absolute atomic E-state index is 10.6. The van der Waals surface area contributed by atoms with E-state index in [1.807, 2.05) is 6.92 Å². The number of carboxylic acids is 1. The number of aliphatic hydroxyl groups is 2. The summed E-state index contributed by atoms with van der Waals surface area (Å²) in [4.78, 5) is 10.6. The van der Waals surface area contributed by atoms with Crippen molar-refractivity contribution in [2.75, 3.05) is 24.7 Å². The Labute approximate surface area is 94.7 Å². The molecule has 0 aromatic carbocycles. The third-order valence-electron chi connectivity index (χ3n) is 2.62. The third kappa shape index (κ3) is 4.86. The van der Waals surface area contributed by atoms with Gasteiger partial charge in [0.15, 0.2) is 0 Å². The molecule has 0 aromatic heterocycles. The Morgan fingerprint density at radius 3 is 2.27 bits per heavy atom. The fourth-order valence-corrected chi connectivity index (χ4v) is 2.42. The summed E-state index contributed by atoms with van der Waals surface area (Å²) in [7, 11) is 0. The molecule has 0 bridgehead atoms. The molecule has 0 spiro atoms. The molecule has 0 radical (unpaired) electrons. The lowest BCUT2D eigenvalue weighted by atomic mass is 9.90. The van der Waals surface area contributed by atoms with Crippen molar-refractivity contribution >= 4 is 17.7 Å². The average molecular weight is 236 g/mol. The Morgan fingerprint density at radius 1 is 1.40 bits per heavy atom. The summed E-state index contributed by atoms with van der Waals surface area (Å²) in [5.41, 5.74) is -0.469. The van der Waals surface area contributed by atoms with Crippen LogP contribution in [0.5, 0.6) is 0 Å². The molecule has 0 rings (SSSR count). The molecule has 5 heteroatoms. The second-order valence-corrected chi connectivity index (χ2v) is 4.95. The van der Waals surface area contributed by atoms with Gasteiger partial charge in [0, 0.05) is 16.9 Å². The van der Waals surface area contributed by atoms with Crippen LogP contribution in [0, 0.1) is 11.3 Å². The second-order valence-electron chi connectivity index (χ2n) is 3.92. The fraction of sp³-hybridized carbons (Fsp3) is 0.900. The van der Waals surface area contributed by atoms with E-state index in [4.69, 9.17) is 15.3 Å². The van der Waals surface area contributed by atoms with Crippen molar-refractivity contribution < 1.29 is 20.1 Å². The average Bonchev–Trinajstić information content (AvgIpc) is 2.24. The van der Waals surface area contributed by atoms with Gasteiger partial charge in [-0.15, -0.1) is 0 Å². The number of hydrogen-bond acceptors (Lipinski definition) is 4. The van der Waals surface area contributed by atoms with Crippen LogP contribution < -0.4 is 0 Å². The van der Waals surface area contributed by atoms with Gasteiger partial charge in [0.25, 0.3) is 0 Å². The van der Waals surface area contributed by atoms with E-state index in [9.17, 15) is 4.79 Å². The molecule has 0 aliphatic heterocycles. The van der Waals surface area contributed by atoms with Crippen molar-refractivity contribution in [2.24, 2.45) is 11.3 Å². The molecular formula is C10H20O4S. The largest absolute Gasteiger partial charge is 0.481 e. The summed E-state index contributed by atoms with van der Waals surface area (Å²) >= 11 is 1.47. The minimum Gasteiger partial charge on any atom is -0.481 e. The molecule has 4 nitrogen and oxygen atoms in total. The number of carboxylic acid groups (broad SMARTS) is 1. The SMILES string of the molecule is CCC(CO)(CO)CSCC(C)C(=O)O. The minimum atomic E-state index is -0.808. The van der Waals surface area contributed by atoms with Crippen LogP contribution in [-0.2, 0) is 4.79 Å². The molecule has 0 amide bonds. The summed E-state index contributed by atoms with van der Waals surface area (Å²) in [6.45, 7) is 3.44. The van der Waals surface area contributed by atoms with E-state index in [0.717, 1.165) is 0 Å². The summed E-state index contributed by atoms with van der Waals surface area (Å²) < 4.78 is 0. The van der Waals surface area contributed by atoms with Crippen molar-refractivity contribution in [3.8, 4) is 0 Å². The summed E-state index contributed by atoms with van der Waals surface area (Å²) in [6.07, 6.45) is 0.689. The summed E-state index contributed by atoms with van der Waals surface area (Å²) in [6, 6.07) is 0. The Balaban J connectivity index is 3.96.